The van der Waals surface area contributed by atoms with Crippen LogP contribution in [0.25, 0.3) is 0 Å². The second-order valence-electron chi connectivity index (χ2n) is 4.00. The predicted molar refractivity (Wildman–Crippen MR) is 71.4 cm³/mol. The van der Waals surface area contributed by atoms with Gasteiger partial charge in [-0.05, 0) is 30.3 Å². The van der Waals surface area contributed by atoms with Gasteiger partial charge in [-0.25, -0.2) is 9.18 Å². The smallest absolute Gasteiger partial charge is 0.352 e. The van der Waals surface area contributed by atoms with Gasteiger partial charge in [0.1, 0.15) is 18.1 Å². The van der Waals surface area contributed by atoms with Crippen LogP contribution in [0.5, 0.6) is 0 Å². The summed E-state index contributed by atoms with van der Waals surface area (Å²) in [5.41, 5.74) is 0.350. The summed E-state index contributed by atoms with van der Waals surface area (Å²) in [6.45, 7) is -0.163. The normalized spacial score (nSPS) is 10.3. The molecule has 0 aliphatic rings. The maximum absolute atomic E-state index is 13.0. The molecule has 0 unspecified atom stereocenters. The molecule has 2 aromatic rings. The van der Waals surface area contributed by atoms with Crippen LogP contribution in [0.1, 0.15) is 10.5 Å². The van der Waals surface area contributed by atoms with Crippen molar-refractivity contribution in [3.05, 3.63) is 53.1 Å². The predicted octanol–water partition coefficient (Wildman–Crippen LogP) is 2.62. The fourth-order valence-corrected chi connectivity index (χ4v) is 1.86. The number of halogens is 2. The molecule has 0 fully saturated rings. The Bertz CT molecular complexity index is 669. The average molecular weight is 297 g/mol. The largest absolute Gasteiger partial charge is 0.477 e. The van der Waals surface area contributed by atoms with E-state index in [2.05, 4.69) is 5.32 Å². The van der Waals surface area contributed by atoms with E-state index in [1.54, 1.807) is 0 Å². The summed E-state index contributed by atoms with van der Waals surface area (Å²) >= 11 is 5.60. The zero-order valence-corrected chi connectivity index (χ0v) is 10.9. The van der Waals surface area contributed by atoms with E-state index in [4.69, 9.17) is 16.7 Å². The highest BCUT2D eigenvalue weighted by Crippen LogP contribution is 2.19. The Balaban J connectivity index is 2.07. The first-order valence-corrected chi connectivity index (χ1v) is 5.98. The summed E-state index contributed by atoms with van der Waals surface area (Å²) in [6.07, 6.45) is 1.49. The van der Waals surface area contributed by atoms with Crippen LogP contribution in [0.4, 0.5) is 10.1 Å². The monoisotopic (exact) mass is 296 g/mol. The highest BCUT2D eigenvalue weighted by molar-refractivity contribution is 6.31. The van der Waals surface area contributed by atoms with Gasteiger partial charge in [-0.1, -0.05) is 11.6 Å². The summed E-state index contributed by atoms with van der Waals surface area (Å²) < 4.78 is 14.3. The lowest BCUT2D eigenvalue weighted by molar-refractivity contribution is -0.116. The zero-order valence-electron chi connectivity index (χ0n) is 10.1. The van der Waals surface area contributed by atoms with Gasteiger partial charge in [0, 0.05) is 11.9 Å². The quantitative estimate of drug-likeness (QED) is 0.911. The van der Waals surface area contributed by atoms with Crippen LogP contribution in [0.3, 0.4) is 0 Å². The van der Waals surface area contributed by atoms with E-state index in [0.29, 0.717) is 5.69 Å². The maximum Gasteiger partial charge on any atom is 0.352 e. The van der Waals surface area contributed by atoms with Crippen molar-refractivity contribution in [1.29, 1.82) is 0 Å². The Morgan fingerprint density at radius 1 is 1.35 bits per heavy atom. The van der Waals surface area contributed by atoms with Crippen LogP contribution in [0.15, 0.2) is 36.5 Å². The first kappa shape index (κ1) is 14.1. The Kier molecular flexibility index (Phi) is 4.05. The lowest BCUT2D eigenvalue weighted by Gasteiger charge is -2.08. The minimum Gasteiger partial charge on any atom is -0.477 e. The van der Waals surface area contributed by atoms with Crippen LogP contribution in [-0.2, 0) is 11.3 Å². The number of aromatic carboxylic acids is 1. The number of amides is 1. The Labute approximate surface area is 118 Å². The molecule has 2 rings (SSSR count). The molecule has 0 aliphatic heterocycles. The summed E-state index contributed by atoms with van der Waals surface area (Å²) in [4.78, 5) is 22.7. The van der Waals surface area contributed by atoms with Crippen molar-refractivity contribution in [2.75, 3.05) is 5.32 Å². The van der Waals surface area contributed by atoms with Gasteiger partial charge in [0.05, 0.1) is 5.02 Å². The summed E-state index contributed by atoms with van der Waals surface area (Å²) in [5, 5.41) is 11.3. The van der Waals surface area contributed by atoms with Crippen molar-refractivity contribution >= 4 is 29.2 Å². The molecule has 5 nitrogen and oxygen atoms in total. The van der Waals surface area contributed by atoms with E-state index < -0.39 is 17.7 Å². The molecule has 0 saturated heterocycles. The third kappa shape index (κ3) is 3.16. The number of hydrogen-bond acceptors (Lipinski definition) is 2. The number of carboxylic acid groups (broad SMARTS) is 1. The molecule has 0 radical (unpaired) electrons. The van der Waals surface area contributed by atoms with Crippen LogP contribution >= 0.6 is 11.6 Å². The highest BCUT2D eigenvalue weighted by Gasteiger charge is 2.12. The topological polar surface area (TPSA) is 71.3 Å². The van der Waals surface area contributed by atoms with E-state index in [-0.39, 0.29) is 17.3 Å². The molecule has 1 heterocycles. The molecule has 2 N–H and O–H groups in total. The molecule has 0 bridgehead atoms. The minimum absolute atomic E-state index is 0.0114. The second-order valence-corrected chi connectivity index (χ2v) is 4.41. The highest BCUT2D eigenvalue weighted by atomic mass is 35.5. The van der Waals surface area contributed by atoms with Crippen molar-refractivity contribution < 1.29 is 19.1 Å². The van der Waals surface area contributed by atoms with Gasteiger partial charge >= 0.3 is 5.97 Å². The Morgan fingerprint density at radius 2 is 2.10 bits per heavy atom. The number of carbonyl (C=O) groups excluding carboxylic acids is 1. The van der Waals surface area contributed by atoms with Crippen molar-refractivity contribution in [3.63, 3.8) is 0 Å². The second kappa shape index (κ2) is 5.75. The summed E-state index contributed by atoms with van der Waals surface area (Å²) in [6, 6.07) is 6.71. The SMILES string of the molecule is O=C(Cn1cccc1C(=O)O)Nc1ccc(F)c(Cl)c1. The fourth-order valence-electron chi connectivity index (χ4n) is 1.68. The summed E-state index contributed by atoms with van der Waals surface area (Å²) in [5.74, 6) is -2.14. The lowest BCUT2D eigenvalue weighted by atomic mass is 10.3. The molecule has 0 aliphatic carbocycles. The van der Waals surface area contributed by atoms with Gasteiger partial charge in [-0.3, -0.25) is 4.79 Å². The van der Waals surface area contributed by atoms with E-state index in [0.717, 1.165) is 6.07 Å². The number of carboxylic acids is 1. The van der Waals surface area contributed by atoms with Crippen LogP contribution in [0.2, 0.25) is 5.02 Å². The fraction of sp³-hybridized carbons (Fsp3) is 0.0769. The Hall–Kier alpha value is -2.34. The van der Waals surface area contributed by atoms with Gasteiger partial charge in [-0.2, -0.15) is 0 Å². The molecule has 0 saturated carbocycles. The molecule has 104 valence electrons. The molecule has 0 spiro atoms. The van der Waals surface area contributed by atoms with Gasteiger partial charge in [0.25, 0.3) is 0 Å². The molecule has 1 amide bonds. The number of anilines is 1. The van der Waals surface area contributed by atoms with E-state index in [9.17, 15) is 14.0 Å². The van der Waals surface area contributed by atoms with Crippen molar-refractivity contribution in [1.82, 2.24) is 4.57 Å². The molecule has 1 aromatic heterocycles. The molecular formula is C13H10ClFN2O3. The molecule has 0 atom stereocenters. The standard InChI is InChI=1S/C13H10ClFN2O3/c14-9-6-8(3-4-10(9)15)16-12(18)7-17-5-1-2-11(17)13(19)20/h1-6H,7H2,(H,16,18)(H,19,20). The number of carbonyl (C=O) groups is 2. The number of rotatable bonds is 4. The third-order valence-corrected chi connectivity index (χ3v) is 2.86. The molecule has 7 heteroatoms. The summed E-state index contributed by atoms with van der Waals surface area (Å²) in [7, 11) is 0. The lowest BCUT2D eigenvalue weighted by Crippen LogP contribution is -2.20. The van der Waals surface area contributed by atoms with E-state index in [1.807, 2.05) is 0 Å². The number of aromatic nitrogens is 1. The van der Waals surface area contributed by atoms with Crippen molar-refractivity contribution in [2.24, 2.45) is 0 Å². The van der Waals surface area contributed by atoms with Gasteiger partial charge in [0.2, 0.25) is 5.91 Å². The van der Waals surface area contributed by atoms with Gasteiger partial charge < -0.3 is 15.0 Å². The molecular weight excluding hydrogens is 287 g/mol. The number of hydrogen-bond donors (Lipinski definition) is 2. The van der Waals surface area contributed by atoms with E-state index >= 15 is 0 Å². The number of nitrogens with one attached hydrogen (secondary N) is 1. The van der Waals surface area contributed by atoms with Gasteiger partial charge in [-0.15, -0.1) is 0 Å². The molecule has 1 aromatic carbocycles. The van der Waals surface area contributed by atoms with Crippen molar-refractivity contribution in [3.8, 4) is 0 Å². The zero-order chi connectivity index (χ0) is 14.7. The van der Waals surface area contributed by atoms with Crippen LogP contribution in [0, 0.1) is 5.82 Å². The minimum atomic E-state index is -1.12. The van der Waals surface area contributed by atoms with Crippen molar-refractivity contribution in [2.45, 2.75) is 6.54 Å². The first-order chi connectivity index (χ1) is 9.47. The van der Waals surface area contributed by atoms with Crippen LogP contribution < -0.4 is 5.32 Å². The average Bonchev–Trinajstić information content (AvgIpc) is 2.82. The van der Waals surface area contributed by atoms with Gasteiger partial charge in [0.15, 0.2) is 0 Å². The third-order valence-electron chi connectivity index (χ3n) is 2.57. The molecule has 20 heavy (non-hydrogen) atoms. The Morgan fingerprint density at radius 3 is 2.75 bits per heavy atom. The maximum atomic E-state index is 13.0. The first-order valence-electron chi connectivity index (χ1n) is 5.60. The number of benzene rings is 1. The number of nitrogens with zero attached hydrogens (tertiary/aromatic N) is 1. The van der Waals surface area contributed by atoms with Crippen LogP contribution in [-0.4, -0.2) is 21.6 Å². The van der Waals surface area contributed by atoms with E-state index in [1.165, 1.54) is 35.0 Å².